The zero-order valence-electron chi connectivity index (χ0n) is 16.3. The van der Waals surface area contributed by atoms with Crippen LogP contribution in [0.5, 0.6) is 0 Å². The fraction of sp³-hybridized carbons (Fsp3) is 0.364. The van der Waals surface area contributed by atoms with Crippen molar-refractivity contribution in [2.45, 2.75) is 44.7 Å². The van der Waals surface area contributed by atoms with Crippen LogP contribution in [0, 0.1) is 13.8 Å². The number of aryl methyl sites for hydroxylation is 1. The number of ether oxygens (including phenoxy) is 1. The molecular weight excluding hydrogens is 372 g/mol. The lowest BCUT2D eigenvalue weighted by atomic mass is 9.88. The van der Waals surface area contributed by atoms with Gasteiger partial charge in [-0.15, -0.1) is 10.2 Å². The van der Waals surface area contributed by atoms with Crippen molar-refractivity contribution >= 4 is 0 Å². The number of hydrogen-bond acceptors (Lipinski definition) is 7. The molecule has 29 heavy (non-hydrogen) atoms. The minimum atomic E-state index is -1.05. The van der Waals surface area contributed by atoms with E-state index in [4.69, 9.17) is 9.15 Å². The lowest BCUT2D eigenvalue weighted by Crippen LogP contribution is -2.44. The Bertz CT molecular complexity index is 985. The third kappa shape index (κ3) is 3.82. The Morgan fingerprint density at radius 2 is 1.72 bits per heavy atom. The zero-order valence-corrected chi connectivity index (χ0v) is 16.3. The van der Waals surface area contributed by atoms with Gasteiger partial charge in [-0.1, -0.05) is 30.3 Å². The molecule has 152 valence electrons. The average molecular weight is 396 g/mol. The van der Waals surface area contributed by atoms with Crippen molar-refractivity contribution < 1.29 is 24.5 Å². The maximum Gasteiger partial charge on any atom is 0.247 e. The summed E-state index contributed by atoms with van der Waals surface area (Å²) < 4.78 is 11.3. The maximum atomic E-state index is 10.5. The van der Waals surface area contributed by atoms with Gasteiger partial charge in [-0.25, -0.2) is 0 Å². The SMILES string of the molecule is Cc1nnc(-c2ccc(-c3cccc(C4OC(CO)CC(O)C4O)c3C)cc2)o1. The van der Waals surface area contributed by atoms with Crippen molar-refractivity contribution in [1.29, 1.82) is 0 Å². The first-order chi connectivity index (χ1) is 14.0. The molecule has 2 aromatic carbocycles. The van der Waals surface area contributed by atoms with Crippen LogP contribution in [0.15, 0.2) is 46.9 Å². The van der Waals surface area contributed by atoms with Crippen LogP contribution in [-0.4, -0.2) is 50.4 Å². The second-order valence-corrected chi connectivity index (χ2v) is 7.38. The molecule has 0 bridgehead atoms. The predicted octanol–water partition coefficient (Wildman–Crippen LogP) is 2.56. The Morgan fingerprint density at radius 3 is 2.38 bits per heavy atom. The van der Waals surface area contributed by atoms with Crippen molar-refractivity contribution in [2.24, 2.45) is 0 Å². The molecule has 0 radical (unpaired) electrons. The van der Waals surface area contributed by atoms with E-state index in [1.165, 1.54) is 0 Å². The third-order valence-electron chi connectivity index (χ3n) is 5.40. The molecule has 2 heterocycles. The van der Waals surface area contributed by atoms with Gasteiger partial charge in [0.15, 0.2) is 0 Å². The Kier molecular flexibility index (Phi) is 5.47. The summed E-state index contributed by atoms with van der Waals surface area (Å²) in [5.74, 6) is 0.990. The molecule has 0 saturated carbocycles. The van der Waals surface area contributed by atoms with Gasteiger partial charge in [0.2, 0.25) is 11.8 Å². The van der Waals surface area contributed by atoms with Gasteiger partial charge in [0.05, 0.1) is 18.8 Å². The molecule has 1 fully saturated rings. The number of hydrogen-bond donors (Lipinski definition) is 3. The van der Waals surface area contributed by atoms with Gasteiger partial charge < -0.3 is 24.5 Å². The van der Waals surface area contributed by atoms with Gasteiger partial charge in [-0.3, -0.25) is 0 Å². The Labute approximate surface area is 168 Å². The van der Waals surface area contributed by atoms with Crippen molar-refractivity contribution in [2.75, 3.05) is 6.61 Å². The molecule has 4 unspecified atom stereocenters. The summed E-state index contributed by atoms with van der Waals surface area (Å²) >= 11 is 0. The van der Waals surface area contributed by atoms with E-state index < -0.39 is 24.4 Å². The summed E-state index contributed by atoms with van der Waals surface area (Å²) in [6, 6.07) is 13.6. The molecule has 1 aliphatic rings. The predicted molar refractivity (Wildman–Crippen MR) is 106 cm³/mol. The van der Waals surface area contributed by atoms with Gasteiger partial charge in [-0.2, -0.15) is 0 Å². The van der Waals surface area contributed by atoms with E-state index >= 15 is 0 Å². The second-order valence-electron chi connectivity index (χ2n) is 7.38. The molecular formula is C22H24N2O5. The van der Waals surface area contributed by atoms with E-state index in [2.05, 4.69) is 10.2 Å². The molecule has 0 aliphatic carbocycles. The van der Waals surface area contributed by atoms with Crippen molar-refractivity contribution in [3.63, 3.8) is 0 Å². The second kappa shape index (κ2) is 8.04. The third-order valence-corrected chi connectivity index (χ3v) is 5.40. The molecule has 7 heteroatoms. The summed E-state index contributed by atoms with van der Waals surface area (Å²) in [5.41, 5.74) is 4.57. The summed E-state index contributed by atoms with van der Waals surface area (Å²) in [6.07, 6.45) is -2.97. The van der Waals surface area contributed by atoms with Crippen LogP contribution in [0.4, 0.5) is 0 Å². The van der Waals surface area contributed by atoms with Crippen molar-refractivity contribution in [3.8, 4) is 22.6 Å². The minimum Gasteiger partial charge on any atom is -0.421 e. The van der Waals surface area contributed by atoms with Crippen LogP contribution < -0.4 is 0 Å². The van der Waals surface area contributed by atoms with Crippen LogP contribution in [0.25, 0.3) is 22.6 Å². The number of aliphatic hydroxyl groups is 3. The normalized spacial score (nSPS) is 24.6. The van der Waals surface area contributed by atoms with Crippen molar-refractivity contribution in [3.05, 3.63) is 59.5 Å². The van der Waals surface area contributed by atoms with E-state index in [1.54, 1.807) is 6.92 Å². The van der Waals surface area contributed by atoms with Crippen molar-refractivity contribution in [1.82, 2.24) is 10.2 Å². The first-order valence-electron chi connectivity index (χ1n) is 9.60. The highest BCUT2D eigenvalue weighted by Gasteiger charge is 2.38. The van der Waals surface area contributed by atoms with Gasteiger partial charge in [0.25, 0.3) is 0 Å². The summed E-state index contributed by atoms with van der Waals surface area (Å²) in [5, 5.41) is 38.0. The Morgan fingerprint density at radius 1 is 1.00 bits per heavy atom. The van der Waals surface area contributed by atoms with Gasteiger partial charge in [0, 0.05) is 18.9 Å². The molecule has 3 aromatic rings. The smallest absolute Gasteiger partial charge is 0.247 e. The molecule has 0 amide bonds. The van der Waals surface area contributed by atoms with Crippen LogP contribution in [0.1, 0.15) is 29.5 Å². The number of rotatable bonds is 4. The quantitative estimate of drug-likeness (QED) is 0.622. The fourth-order valence-corrected chi connectivity index (χ4v) is 3.81. The number of aromatic nitrogens is 2. The number of aliphatic hydroxyl groups excluding tert-OH is 3. The molecule has 1 aliphatic heterocycles. The van der Waals surface area contributed by atoms with Crippen LogP contribution in [0.3, 0.4) is 0 Å². The Balaban J connectivity index is 1.66. The van der Waals surface area contributed by atoms with Crippen LogP contribution in [0.2, 0.25) is 0 Å². The summed E-state index contributed by atoms with van der Waals surface area (Å²) in [4.78, 5) is 0. The van der Waals surface area contributed by atoms with Crippen LogP contribution >= 0.6 is 0 Å². The zero-order chi connectivity index (χ0) is 20.5. The topological polar surface area (TPSA) is 109 Å². The molecule has 4 atom stereocenters. The first-order valence-corrected chi connectivity index (χ1v) is 9.60. The van der Waals surface area contributed by atoms with Gasteiger partial charge in [-0.05, 0) is 41.3 Å². The maximum absolute atomic E-state index is 10.5. The van der Waals surface area contributed by atoms with E-state index in [0.29, 0.717) is 11.8 Å². The highest BCUT2D eigenvalue weighted by atomic mass is 16.5. The van der Waals surface area contributed by atoms with E-state index in [-0.39, 0.29) is 13.0 Å². The van der Waals surface area contributed by atoms with Crippen LogP contribution in [-0.2, 0) is 4.74 Å². The van der Waals surface area contributed by atoms with E-state index in [1.807, 2.05) is 49.4 Å². The largest absolute Gasteiger partial charge is 0.421 e. The standard InChI is InChI=1S/C22H24N2O5/c1-12-17(14-6-8-15(9-7-14)22-24-23-13(2)28-22)4-3-5-18(12)21-20(27)19(26)10-16(11-25)29-21/h3-9,16,19-21,25-27H,10-11H2,1-2H3. The molecule has 0 spiro atoms. The van der Waals surface area contributed by atoms with E-state index in [0.717, 1.165) is 27.8 Å². The van der Waals surface area contributed by atoms with Gasteiger partial charge in [0.1, 0.15) is 12.2 Å². The summed E-state index contributed by atoms with van der Waals surface area (Å²) in [7, 11) is 0. The summed E-state index contributed by atoms with van der Waals surface area (Å²) in [6.45, 7) is 3.51. The Hall–Kier alpha value is -2.58. The highest BCUT2D eigenvalue weighted by molar-refractivity contribution is 5.71. The molecule has 1 saturated heterocycles. The molecule has 7 nitrogen and oxygen atoms in total. The highest BCUT2D eigenvalue weighted by Crippen LogP contribution is 2.37. The molecule has 3 N–H and O–H groups in total. The lowest BCUT2D eigenvalue weighted by molar-refractivity contribution is -0.179. The average Bonchev–Trinajstić information content (AvgIpc) is 3.17. The first kappa shape index (κ1) is 19.7. The number of benzene rings is 2. The number of nitrogens with zero attached hydrogens (tertiary/aromatic N) is 2. The molecule has 4 rings (SSSR count). The lowest BCUT2D eigenvalue weighted by Gasteiger charge is -2.37. The molecule has 1 aromatic heterocycles. The fourth-order valence-electron chi connectivity index (χ4n) is 3.81. The monoisotopic (exact) mass is 396 g/mol. The van der Waals surface area contributed by atoms with Gasteiger partial charge >= 0.3 is 0 Å². The van der Waals surface area contributed by atoms with E-state index in [9.17, 15) is 15.3 Å². The minimum absolute atomic E-state index is 0.199.